The van der Waals surface area contributed by atoms with Gasteiger partial charge in [0.2, 0.25) is 0 Å². The lowest BCUT2D eigenvalue weighted by atomic mass is 10.1. The van der Waals surface area contributed by atoms with Crippen molar-refractivity contribution in [3.05, 3.63) is 35.4 Å². The maximum absolute atomic E-state index is 11.4. The van der Waals surface area contributed by atoms with Gasteiger partial charge < -0.3 is 0 Å². The number of aryl methyl sites for hydroxylation is 1. The van der Waals surface area contributed by atoms with Crippen LogP contribution >= 0.6 is 0 Å². The van der Waals surface area contributed by atoms with Gasteiger partial charge in [-0.15, -0.1) is 0 Å². The molecule has 0 fully saturated rings. The molecule has 0 aromatic heterocycles. The highest BCUT2D eigenvalue weighted by atomic mass is 16.2. The van der Waals surface area contributed by atoms with Crippen LogP contribution in [-0.2, 0) is 0 Å². The molecule has 1 aromatic rings. The number of hydrogen-bond donors (Lipinski definition) is 1. The molecule has 1 N–H and O–H groups in total. The van der Waals surface area contributed by atoms with Gasteiger partial charge in [0, 0.05) is 19.7 Å². The van der Waals surface area contributed by atoms with Gasteiger partial charge in [0.1, 0.15) is 0 Å². The first-order valence-corrected chi connectivity index (χ1v) is 4.14. The van der Waals surface area contributed by atoms with Gasteiger partial charge in [-0.05, 0) is 19.1 Å². The Kier molecular flexibility index (Phi) is 3.03. The molecule has 0 saturated carbocycles. The van der Waals surface area contributed by atoms with Gasteiger partial charge in [0.25, 0.3) is 5.91 Å². The molecule has 0 unspecified atom stereocenters. The van der Waals surface area contributed by atoms with Gasteiger partial charge in [-0.25, -0.2) is 5.01 Å². The van der Waals surface area contributed by atoms with Crippen molar-refractivity contribution in [3.63, 3.8) is 0 Å². The average Bonchev–Trinajstić information content (AvgIpc) is 2.04. The van der Waals surface area contributed by atoms with Crippen LogP contribution in [-0.4, -0.2) is 25.0 Å². The fourth-order valence-electron chi connectivity index (χ4n) is 0.973. The minimum atomic E-state index is -0.0787. The normalized spacial score (nSPS) is 10.2. The first-order valence-electron chi connectivity index (χ1n) is 4.14. The maximum Gasteiger partial charge on any atom is 0.265 e. The molecule has 3 heteroatoms. The lowest BCUT2D eigenvalue weighted by Crippen LogP contribution is -2.36. The summed E-state index contributed by atoms with van der Waals surface area (Å²) in [4.78, 5) is 11.4. The molecule has 13 heavy (non-hydrogen) atoms. The van der Waals surface area contributed by atoms with Crippen molar-refractivity contribution in [2.24, 2.45) is 0 Å². The van der Waals surface area contributed by atoms with Gasteiger partial charge in [0.15, 0.2) is 0 Å². The highest BCUT2D eigenvalue weighted by Gasteiger charge is 2.04. The number of benzene rings is 1. The Morgan fingerprint density at radius 3 is 2.23 bits per heavy atom. The Morgan fingerprint density at radius 2 is 1.77 bits per heavy atom. The summed E-state index contributed by atoms with van der Waals surface area (Å²) in [5, 5.41) is 1.63. The minimum Gasteiger partial charge on any atom is -0.285 e. The number of carbonyl (C=O) groups excluding carboxylic acids is 1. The van der Waals surface area contributed by atoms with Gasteiger partial charge in [-0.3, -0.25) is 10.2 Å². The first-order chi connectivity index (χ1) is 6.09. The summed E-state index contributed by atoms with van der Waals surface area (Å²) in [7, 11) is 3.57. The summed E-state index contributed by atoms with van der Waals surface area (Å²) in [5.41, 5.74) is 4.51. The molecule has 0 aliphatic rings. The molecule has 0 radical (unpaired) electrons. The van der Waals surface area contributed by atoms with Crippen LogP contribution in [0.3, 0.4) is 0 Å². The lowest BCUT2D eigenvalue weighted by Gasteiger charge is -2.11. The molecule has 0 aliphatic carbocycles. The van der Waals surface area contributed by atoms with Crippen LogP contribution in [0.5, 0.6) is 0 Å². The van der Waals surface area contributed by atoms with E-state index in [4.69, 9.17) is 0 Å². The molecule has 3 nitrogen and oxygen atoms in total. The molecule has 70 valence electrons. The average molecular weight is 178 g/mol. The van der Waals surface area contributed by atoms with E-state index in [-0.39, 0.29) is 5.91 Å². The van der Waals surface area contributed by atoms with Crippen LogP contribution in [0, 0.1) is 6.92 Å². The zero-order chi connectivity index (χ0) is 9.84. The minimum absolute atomic E-state index is 0.0787. The van der Waals surface area contributed by atoms with Crippen molar-refractivity contribution < 1.29 is 4.79 Å². The number of rotatable bonds is 2. The van der Waals surface area contributed by atoms with E-state index in [2.05, 4.69) is 5.43 Å². The number of nitrogens with zero attached hydrogens (tertiary/aromatic N) is 1. The number of hydrogen-bond acceptors (Lipinski definition) is 2. The highest BCUT2D eigenvalue weighted by molar-refractivity contribution is 5.93. The van der Waals surface area contributed by atoms with E-state index in [9.17, 15) is 4.79 Å². The van der Waals surface area contributed by atoms with Crippen LogP contribution in [0.4, 0.5) is 0 Å². The fraction of sp³-hybridized carbons (Fsp3) is 0.300. The van der Waals surface area contributed by atoms with Gasteiger partial charge in [0.05, 0.1) is 0 Å². The molecule has 1 rings (SSSR count). The first kappa shape index (κ1) is 9.74. The quantitative estimate of drug-likeness (QED) is 0.690. The molecular weight excluding hydrogens is 164 g/mol. The van der Waals surface area contributed by atoms with Crippen molar-refractivity contribution in [1.82, 2.24) is 10.4 Å². The number of nitrogens with one attached hydrogen (secondary N) is 1. The van der Waals surface area contributed by atoms with Gasteiger partial charge in [-0.1, -0.05) is 17.7 Å². The lowest BCUT2D eigenvalue weighted by molar-refractivity contribution is 0.0857. The SMILES string of the molecule is Cc1ccc(C(=O)NN(C)C)cc1. The van der Waals surface area contributed by atoms with Crippen LogP contribution in [0.2, 0.25) is 0 Å². The second-order valence-corrected chi connectivity index (χ2v) is 3.20. The second kappa shape index (κ2) is 4.05. The predicted molar refractivity (Wildman–Crippen MR) is 52.3 cm³/mol. The summed E-state index contributed by atoms with van der Waals surface area (Å²) in [5.74, 6) is -0.0787. The van der Waals surface area contributed by atoms with Crippen LogP contribution in [0.1, 0.15) is 15.9 Å². The third kappa shape index (κ3) is 2.87. The topological polar surface area (TPSA) is 32.3 Å². The van der Waals surface area contributed by atoms with E-state index in [1.807, 2.05) is 31.2 Å². The molecule has 1 aromatic carbocycles. The summed E-state index contributed by atoms with van der Waals surface area (Å²) in [6.07, 6.45) is 0. The largest absolute Gasteiger partial charge is 0.285 e. The van der Waals surface area contributed by atoms with Gasteiger partial charge in [-0.2, -0.15) is 0 Å². The number of hydrazine groups is 1. The Hall–Kier alpha value is -1.35. The molecule has 0 heterocycles. The van der Waals surface area contributed by atoms with E-state index in [0.717, 1.165) is 5.56 Å². The Morgan fingerprint density at radius 1 is 1.23 bits per heavy atom. The van der Waals surface area contributed by atoms with E-state index in [0.29, 0.717) is 5.56 Å². The summed E-state index contributed by atoms with van der Waals surface area (Å²) in [6.45, 7) is 1.99. The molecule has 0 atom stereocenters. The fourth-order valence-corrected chi connectivity index (χ4v) is 0.973. The van der Waals surface area contributed by atoms with Crippen LogP contribution in [0.15, 0.2) is 24.3 Å². The number of amides is 1. The molecular formula is C10H14N2O. The van der Waals surface area contributed by atoms with E-state index >= 15 is 0 Å². The molecule has 0 aliphatic heterocycles. The summed E-state index contributed by atoms with van der Waals surface area (Å²) in [6, 6.07) is 7.47. The smallest absolute Gasteiger partial charge is 0.265 e. The zero-order valence-corrected chi connectivity index (χ0v) is 8.16. The highest BCUT2D eigenvalue weighted by Crippen LogP contribution is 2.02. The monoisotopic (exact) mass is 178 g/mol. The standard InChI is InChI=1S/C10H14N2O/c1-8-4-6-9(7-5-8)10(13)11-12(2)3/h4-7H,1-3H3,(H,11,13). The van der Waals surface area contributed by atoms with Crippen molar-refractivity contribution in [1.29, 1.82) is 0 Å². The molecule has 0 bridgehead atoms. The zero-order valence-electron chi connectivity index (χ0n) is 8.16. The maximum atomic E-state index is 11.4. The molecule has 1 amide bonds. The number of carbonyl (C=O) groups is 1. The Labute approximate surface area is 78.3 Å². The van der Waals surface area contributed by atoms with E-state index in [1.165, 1.54) is 0 Å². The third-order valence-corrected chi connectivity index (χ3v) is 1.64. The van der Waals surface area contributed by atoms with E-state index < -0.39 is 0 Å². The predicted octanol–water partition coefficient (Wildman–Crippen LogP) is 1.20. The summed E-state index contributed by atoms with van der Waals surface area (Å²) < 4.78 is 0. The molecule has 0 saturated heterocycles. The second-order valence-electron chi connectivity index (χ2n) is 3.20. The van der Waals surface area contributed by atoms with Crippen molar-refractivity contribution in [2.45, 2.75) is 6.92 Å². The van der Waals surface area contributed by atoms with Crippen LogP contribution in [0.25, 0.3) is 0 Å². The third-order valence-electron chi connectivity index (χ3n) is 1.64. The Balaban J connectivity index is 2.72. The van der Waals surface area contributed by atoms with Crippen molar-refractivity contribution >= 4 is 5.91 Å². The van der Waals surface area contributed by atoms with Crippen molar-refractivity contribution in [2.75, 3.05) is 14.1 Å². The summed E-state index contributed by atoms with van der Waals surface area (Å²) >= 11 is 0. The van der Waals surface area contributed by atoms with E-state index in [1.54, 1.807) is 19.1 Å². The molecule has 0 spiro atoms. The Bertz CT molecular complexity index is 290. The van der Waals surface area contributed by atoms with Crippen LogP contribution < -0.4 is 5.43 Å². The van der Waals surface area contributed by atoms with Crippen molar-refractivity contribution in [3.8, 4) is 0 Å². The van der Waals surface area contributed by atoms with Gasteiger partial charge >= 0.3 is 0 Å².